The van der Waals surface area contributed by atoms with Gasteiger partial charge in [0.15, 0.2) is 0 Å². The standard InChI is InChI=1S/C13H17BO2/c1-10-7-6-8-11(9-10)14-15-12(2,3)13(4,5)16-14/h7,9H,1-5H3. The number of allylic oxidation sites excluding steroid dienone is 4. The Kier molecular flexibility index (Phi) is 2.53. The predicted octanol–water partition coefficient (Wildman–Crippen LogP) is 2.81. The molecule has 2 aliphatic rings. The van der Waals surface area contributed by atoms with Gasteiger partial charge in [-0.05, 0) is 46.3 Å². The van der Waals surface area contributed by atoms with Crippen molar-refractivity contribution in [3.8, 4) is 0 Å². The molecule has 1 saturated heterocycles. The van der Waals surface area contributed by atoms with Crippen LogP contribution in [0.3, 0.4) is 0 Å². The Labute approximate surface area is 97.5 Å². The van der Waals surface area contributed by atoms with E-state index in [2.05, 4.69) is 11.5 Å². The van der Waals surface area contributed by atoms with Gasteiger partial charge in [-0.1, -0.05) is 17.5 Å². The minimum absolute atomic E-state index is 0.296. The van der Waals surface area contributed by atoms with Gasteiger partial charge < -0.3 is 9.31 Å². The summed E-state index contributed by atoms with van der Waals surface area (Å²) in [4.78, 5) is 0. The van der Waals surface area contributed by atoms with Crippen LogP contribution in [-0.4, -0.2) is 18.3 Å². The molecule has 84 valence electrons. The predicted molar refractivity (Wildman–Crippen MR) is 64.9 cm³/mol. The number of hydrogen-bond donors (Lipinski definition) is 0. The van der Waals surface area contributed by atoms with Crippen molar-refractivity contribution >= 4 is 7.12 Å². The van der Waals surface area contributed by atoms with Gasteiger partial charge in [-0.3, -0.25) is 0 Å². The molecule has 1 heterocycles. The third kappa shape index (κ3) is 1.84. The molecule has 16 heavy (non-hydrogen) atoms. The molecule has 0 aromatic rings. The molecular weight excluding hydrogens is 199 g/mol. The SMILES string of the molecule is CC1=CC(B2OC(C)(C)C(C)(C)O2)=C=C=C1. The second-order valence-corrected chi connectivity index (χ2v) is 5.35. The summed E-state index contributed by atoms with van der Waals surface area (Å²) in [5, 5.41) is 0. The first kappa shape index (κ1) is 11.5. The van der Waals surface area contributed by atoms with E-state index >= 15 is 0 Å². The summed E-state index contributed by atoms with van der Waals surface area (Å²) < 4.78 is 11.9. The summed E-state index contributed by atoms with van der Waals surface area (Å²) in [5.41, 5.74) is 7.49. The van der Waals surface area contributed by atoms with Crippen molar-refractivity contribution in [1.29, 1.82) is 0 Å². The van der Waals surface area contributed by atoms with Crippen LogP contribution in [0.25, 0.3) is 0 Å². The van der Waals surface area contributed by atoms with Crippen molar-refractivity contribution in [3.05, 3.63) is 34.7 Å². The van der Waals surface area contributed by atoms with Gasteiger partial charge in [-0.25, -0.2) is 0 Å². The minimum Gasteiger partial charge on any atom is -0.399 e. The van der Waals surface area contributed by atoms with E-state index < -0.39 is 0 Å². The molecule has 0 N–H and O–H groups in total. The van der Waals surface area contributed by atoms with E-state index in [0.29, 0.717) is 0 Å². The molecule has 0 aromatic heterocycles. The largest absolute Gasteiger partial charge is 0.503 e. The van der Waals surface area contributed by atoms with Crippen LogP contribution in [0.15, 0.2) is 34.7 Å². The van der Waals surface area contributed by atoms with Gasteiger partial charge in [0.25, 0.3) is 0 Å². The van der Waals surface area contributed by atoms with Gasteiger partial charge in [0, 0.05) is 5.47 Å². The Morgan fingerprint density at radius 1 is 1.12 bits per heavy atom. The van der Waals surface area contributed by atoms with Gasteiger partial charge in [0.05, 0.1) is 11.2 Å². The van der Waals surface area contributed by atoms with Gasteiger partial charge in [-0.15, -0.1) is 0 Å². The Bertz CT molecular complexity index is 429. The van der Waals surface area contributed by atoms with Gasteiger partial charge in [-0.2, -0.15) is 0 Å². The topological polar surface area (TPSA) is 18.5 Å². The summed E-state index contributed by atoms with van der Waals surface area (Å²) in [6.45, 7) is 10.2. The molecular formula is C13H17BO2. The molecule has 0 radical (unpaired) electrons. The van der Waals surface area contributed by atoms with E-state index in [0.717, 1.165) is 11.0 Å². The van der Waals surface area contributed by atoms with Gasteiger partial charge in [0.1, 0.15) is 0 Å². The lowest BCUT2D eigenvalue weighted by Gasteiger charge is -2.32. The third-order valence-electron chi connectivity index (χ3n) is 3.41. The number of hydrogen-bond acceptors (Lipinski definition) is 2. The van der Waals surface area contributed by atoms with E-state index in [9.17, 15) is 0 Å². The van der Waals surface area contributed by atoms with E-state index in [1.807, 2.05) is 46.8 Å². The van der Waals surface area contributed by atoms with Crippen LogP contribution >= 0.6 is 0 Å². The first-order valence-electron chi connectivity index (χ1n) is 5.57. The second kappa shape index (κ2) is 3.51. The molecule has 0 bridgehead atoms. The molecule has 3 heteroatoms. The van der Waals surface area contributed by atoms with Crippen LogP contribution in [0.2, 0.25) is 0 Å². The highest BCUT2D eigenvalue weighted by Crippen LogP contribution is 2.38. The molecule has 0 spiro atoms. The maximum atomic E-state index is 5.93. The molecule has 1 aliphatic carbocycles. The summed E-state index contributed by atoms with van der Waals surface area (Å²) in [7, 11) is -0.332. The van der Waals surface area contributed by atoms with Crippen molar-refractivity contribution in [3.63, 3.8) is 0 Å². The van der Waals surface area contributed by atoms with Crippen molar-refractivity contribution in [2.75, 3.05) is 0 Å². The lowest BCUT2D eigenvalue weighted by molar-refractivity contribution is 0.00578. The highest BCUT2D eigenvalue weighted by atomic mass is 16.7. The first-order valence-corrected chi connectivity index (χ1v) is 5.57. The van der Waals surface area contributed by atoms with Crippen molar-refractivity contribution < 1.29 is 9.31 Å². The molecule has 1 aliphatic heterocycles. The molecule has 0 amide bonds. The average Bonchev–Trinajstić information content (AvgIpc) is 2.36. The molecule has 1 fully saturated rings. The van der Waals surface area contributed by atoms with Crippen molar-refractivity contribution in [2.45, 2.75) is 45.8 Å². The zero-order valence-corrected chi connectivity index (χ0v) is 10.5. The van der Waals surface area contributed by atoms with E-state index in [4.69, 9.17) is 9.31 Å². The molecule has 0 aromatic carbocycles. The highest BCUT2D eigenvalue weighted by Gasteiger charge is 2.52. The number of rotatable bonds is 1. The van der Waals surface area contributed by atoms with E-state index in [1.165, 1.54) is 0 Å². The Balaban J connectivity index is 2.29. The zero-order chi connectivity index (χ0) is 12.0. The van der Waals surface area contributed by atoms with Crippen LogP contribution in [-0.2, 0) is 9.31 Å². The molecule has 0 saturated carbocycles. The Hall–Kier alpha value is -0.975. The summed E-state index contributed by atoms with van der Waals surface area (Å²) in [5.74, 6) is 0. The summed E-state index contributed by atoms with van der Waals surface area (Å²) in [6, 6.07) is 0. The lowest BCUT2D eigenvalue weighted by atomic mass is 9.77. The van der Waals surface area contributed by atoms with Crippen LogP contribution in [0.1, 0.15) is 34.6 Å². The smallest absolute Gasteiger partial charge is 0.399 e. The monoisotopic (exact) mass is 216 g/mol. The molecule has 0 atom stereocenters. The molecule has 2 nitrogen and oxygen atoms in total. The summed E-state index contributed by atoms with van der Waals surface area (Å²) in [6.07, 6.45) is 3.92. The average molecular weight is 216 g/mol. The fourth-order valence-electron chi connectivity index (χ4n) is 1.65. The van der Waals surface area contributed by atoms with E-state index in [1.54, 1.807) is 0 Å². The van der Waals surface area contributed by atoms with Crippen LogP contribution in [0, 0.1) is 0 Å². The second-order valence-electron chi connectivity index (χ2n) is 5.35. The first-order chi connectivity index (χ1) is 7.32. The fraction of sp³-hybridized carbons (Fsp3) is 0.538. The maximum absolute atomic E-state index is 5.93. The normalized spacial score (nSPS) is 25.7. The molecule has 2 rings (SSSR count). The van der Waals surface area contributed by atoms with Crippen LogP contribution < -0.4 is 0 Å². The van der Waals surface area contributed by atoms with Gasteiger partial charge in [0.2, 0.25) is 0 Å². The third-order valence-corrected chi connectivity index (χ3v) is 3.41. The van der Waals surface area contributed by atoms with Crippen LogP contribution in [0.4, 0.5) is 0 Å². The minimum atomic E-state index is -0.332. The van der Waals surface area contributed by atoms with Crippen LogP contribution in [0.5, 0.6) is 0 Å². The fourth-order valence-corrected chi connectivity index (χ4v) is 1.65. The lowest BCUT2D eigenvalue weighted by Crippen LogP contribution is -2.41. The Morgan fingerprint density at radius 3 is 2.19 bits per heavy atom. The molecule has 0 unspecified atom stereocenters. The summed E-state index contributed by atoms with van der Waals surface area (Å²) >= 11 is 0. The zero-order valence-electron chi connectivity index (χ0n) is 10.5. The highest BCUT2D eigenvalue weighted by molar-refractivity contribution is 6.55. The van der Waals surface area contributed by atoms with Gasteiger partial charge >= 0.3 is 7.12 Å². The van der Waals surface area contributed by atoms with E-state index in [-0.39, 0.29) is 18.3 Å². The Morgan fingerprint density at radius 2 is 1.69 bits per heavy atom. The van der Waals surface area contributed by atoms with Crippen molar-refractivity contribution in [1.82, 2.24) is 0 Å². The van der Waals surface area contributed by atoms with Crippen molar-refractivity contribution in [2.24, 2.45) is 0 Å². The maximum Gasteiger partial charge on any atom is 0.503 e. The quantitative estimate of drug-likeness (QED) is 0.495.